The van der Waals surface area contributed by atoms with Crippen LogP contribution in [-0.4, -0.2) is 5.78 Å². The molecular weight excluding hydrogens is 204 g/mol. The second kappa shape index (κ2) is 4.93. The van der Waals surface area contributed by atoms with Crippen molar-refractivity contribution < 1.29 is 4.79 Å². The van der Waals surface area contributed by atoms with Crippen molar-refractivity contribution in [3.05, 3.63) is 21.9 Å². The lowest BCUT2D eigenvalue weighted by molar-refractivity contribution is -0.118. The van der Waals surface area contributed by atoms with Gasteiger partial charge in [0.1, 0.15) is 5.78 Å². The number of Topliss-reactive ketones (excluding diaryl/α,β-unsaturated/α-hetero) is 1. The van der Waals surface area contributed by atoms with Gasteiger partial charge in [0.25, 0.3) is 0 Å². The molecule has 0 amide bonds. The number of thiophene rings is 1. The van der Waals surface area contributed by atoms with Crippen molar-refractivity contribution in [2.75, 3.05) is 0 Å². The van der Waals surface area contributed by atoms with E-state index in [1.807, 2.05) is 11.3 Å². The Morgan fingerprint density at radius 2 is 1.93 bits per heavy atom. The zero-order chi connectivity index (χ0) is 11.5. The van der Waals surface area contributed by atoms with Crippen LogP contribution in [0.25, 0.3) is 0 Å². The predicted octanol–water partition coefficient (Wildman–Crippen LogP) is 3.86. The van der Waals surface area contributed by atoms with Gasteiger partial charge in [-0.2, -0.15) is 0 Å². The Labute approximate surface area is 96.5 Å². The summed E-state index contributed by atoms with van der Waals surface area (Å²) in [6, 6.07) is 4.40. The second-order valence-electron chi connectivity index (χ2n) is 4.94. The summed E-state index contributed by atoms with van der Waals surface area (Å²) in [4.78, 5) is 13.9. The normalized spacial score (nSPS) is 11.7. The van der Waals surface area contributed by atoms with Gasteiger partial charge >= 0.3 is 0 Å². The lowest BCUT2D eigenvalue weighted by Crippen LogP contribution is -2.17. The van der Waals surface area contributed by atoms with E-state index in [9.17, 15) is 4.79 Å². The quantitative estimate of drug-likeness (QED) is 0.742. The third-order valence-corrected chi connectivity index (χ3v) is 3.68. The molecule has 15 heavy (non-hydrogen) atoms. The van der Waals surface area contributed by atoms with E-state index in [2.05, 4.69) is 32.9 Å². The van der Waals surface area contributed by atoms with Crippen LogP contribution in [0.4, 0.5) is 0 Å². The van der Waals surface area contributed by atoms with Gasteiger partial charge in [0.05, 0.1) is 0 Å². The summed E-state index contributed by atoms with van der Waals surface area (Å²) in [5.74, 6) is 0.285. The summed E-state index contributed by atoms with van der Waals surface area (Å²) >= 11 is 1.88. The SMILES string of the molecule is CCc1ccc(CC(C)(C)CC(C)=O)s1. The van der Waals surface area contributed by atoms with Crippen LogP contribution < -0.4 is 0 Å². The summed E-state index contributed by atoms with van der Waals surface area (Å²) in [6.45, 7) is 8.18. The molecule has 0 saturated carbocycles. The van der Waals surface area contributed by atoms with Crippen LogP contribution in [0.15, 0.2) is 12.1 Å². The number of hydrogen-bond acceptors (Lipinski definition) is 2. The van der Waals surface area contributed by atoms with Crippen LogP contribution in [0.2, 0.25) is 0 Å². The fourth-order valence-corrected chi connectivity index (χ4v) is 3.13. The van der Waals surface area contributed by atoms with Gasteiger partial charge in [0, 0.05) is 16.2 Å². The molecule has 0 aromatic carbocycles. The molecule has 0 fully saturated rings. The first kappa shape index (κ1) is 12.4. The number of rotatable bonds is 5. The molecule has 1 aromatic rings. The van der Waals surface area contributed by atoms with Gasteiger partial charge in [-0.25, -0.2) is 0 Å². The molecule has 1 aromatic heterocycles. The zero-order valence-electron chi connectivity index (χ0n) is 10.1. The maximum Gasteiger partial charge on any atom is 0.130 e. The van der Waals surface area contributed by atoms with Crippen molar-refractivity contribution in [2.45, 2.75) is 47.0 Å². The molecule has 0 unspecified atom stereocenters. The largest absolute Gasteiger partial charge is 0.300 e. The van der Waals surface area contributed by atoms with Gasteiger partial charge in [0.2, 0.25) is 0 Å². The fourth-order valence-electron chi connectivity index (χ4n) is 1.92. The average Bonchev–Trinajstić information content (AvgIpc) is 2.48. The molecule has 2 heteroatoms. The van der Waals surface area contributed by atoms with Gasteiger partial charge in [0.15, 0.2) is 0 Å². The number of ketones is 1. The van der Waals surface area contributed by atoms with Crippen LogP contribution in [0.5, 0.6) is 0 Å². The third kappa shape index (κ3) is 4.17. The average molecular weight is 224 g/mol. The number of carbonyl (C=O) groups excluding carboxylic acids is 1. The van der Waals surface area contributed by atoms with Gasteiger partial charge in [-0.15, -0.1) is 11.3 Å². The molecule has 0 radical (unpaired) electrons. The van der Waals surface area contributed by atoms with E-state index in [-0.39, 0.29) is 11.2 Å². The van der Waals surface area contributed by atoms with Crippen LogP contribution in [0.1, 0.15) is 43.9 Å². The molecule has 1 rings (SSSR count). The first-order valence-corrected chi connectivity index (χ1v) is 6.31. The van der Waals surface area contributed by atoms with Crippen molar-refractivity contribution in [1.29, 1.82) is 0 Å². The summed E-state index contributed by atoms with van der Waals surface area (Å²) < 4.78 is 0. The van der Waals surface area contributed by atoms with E-state index in [4.69, 9.17) is 0 Å². The molecule has 0 aliphatic rings. The Balaban J connectivity index is 2.63. The highest BCUT2D eigenvalue weighted by molar-refractivity contribution is 7.11. The van der Waals surface area contributed by atoms with E-state index in [1.54, 1.807) is 6.92 Å². The Kier molecular flexibility index (Phi) is 4.09. The Morgan fingerprint density at radius 3 is 2.40 bits per heavy atom. The first-order valence-electron chi connectivity index (χ1n) is 5.50. The van der Waals surface area contributed by atoms with E-state index in [1.165, 1.54) is 9.75 Å². The summed E-state index contributed by atoms with van der Waals surface area (Å²) in [5.41, 5.74) is 0.0989. The zero-order valence-corrected chi connectivity index (χ0v) is 10.9. The topological polar surface area (TPSA) is 17.1 Å². The molecule has 0 bridgehead atoms. The Bertz CT molecular complexity index is 336. The molecule has 0 spiro atoms. The molecule has 0 aliphatic heterocycles. The highest BCUT2D eigenvalue weighted by atomic mass is 32.1. The van der Waals surface area contributed by atoms with Crippen molar-refractivity contribution >= 4 is 17.1 Å². The maximum atomic E-state index is 11.1. The Morgan fingerprint density at radius 1 is 1.33 bits per heavy atom. The van der Waals surface area contributed by atoms with Crippen LogP contribution in [0.3, 0.4) is 0 Å². The number of aryl methyl sites for hydroxylation is 1. The summed E-state index contributed by atoms with van der Waals surface area (Å²) in [7, 11) is 0. The molecule has 0 N–H and O–H groups in total. The van der Waals surface area contributed by atoms with E-state index in [0.29, 0.717) is 6.42 Å². The van der Waals surface area contributed by atoms with E-state index >= 15 is 0 Å². The van der Waals surface area contributed by atoms with Crippen LogP contribution >= 0.6 is 11.3 Å². The minimum Gasteiger partial charge on any atom is -0.300 e. The highest BCUT2D eigenvalue weighted by Crippen LogP contribution is 2.29. The predicted molar refractivity (Wildman–Crippen MR) is 66.5 cm³/mol. The molecule has 0 atom stereocenters. The molecule has 84 valence electrons. The van der Waals surface area contributed by atoms with E-state index in [0.717, 1.165) is 12.8 Å². The lowest BCUT2D eigenvalue weighted by atomic mass is 9.84. The van der Waals surface area contributed by atoms with E-state index < -0.39 is 0 Å². The minimum absolute atomic E-state index is 0.0989. The summed E-state index contributed by atoms with van der Waals surface area (Å²) in [5, 5.41) is 0. The van der Waals surface area contributed by atoms with Gasteiger partial charge < -0.3 is 4.79 Å². The molecular formula is C13H20OS. The summed E-state index contributed by atoms with van der Waals surface area (Å²) in [6.07, 6.45) is 2.79. The minimum atomic E-state index is 0.0989. The smallest absolute Gasteiger partial charge is 0.130 e. The molecule has 1 nitrogen and oxygen atoms in total. The standard InChI is InChI=1S/C13H20OS/c1-5-11-6-7-12(15-11)9-13(3,4)8-10(2)14/h6-7H,5,8-9H2,1-4H3. The third-order valence-electron chi connectivity index (χ3n) is 2.45. The fraction of sp³-hybridized carbons (Fsp3) is 0.615. The molecule has 0 saturated heterocycles. The Hall–Kier alpha value is -0.630. The van der Waals surface area contributed by atoms with Crippen LogP contribution in [-0.2, 0) is 17.6 Å². The maximum absolute atomic E-state index is 11.1. The molecule has 1 heterocycles. The lowest BCUT2D eigenvalue weighted by Gasteiger charge is -2.22. The second-order valence-corrected chi connectivity index (χ2v) is 6.19. The van der Waals surface area contributed by atoms with Crippen molar-refractivity contribution in [2.24, 2.45) is 5.41 Å². The monoisotopic (exact) mass is 224 g/mol. The van der Waals surface area contributed by atoms with Crippen molar-refractivity contribution in [3.63, 3.8) is 0 Å². The highest BCUT2D eigenvalue weighted by Gasteiger charge is 2.21. The van der Waals surface area contributed by atoms with Crippen molar-refractivity contribution in [1.82, 2.24) is 0 Å². The van der Waals surface area contributed by atoms with Gasteiger partial charge in [-0.05, 0) is 37.3 Å². The first-order chi connectivity index (χ1) is 6.93. The van der Waals surface area contributed by atoms with Gasteiger partial charge in [-0.3, -0.25) is 0 Å². The number of carbonyl (C=O) groups is 1. The van der Waals surface area contributed by atoms with Gasteiger partial charge in [-0.1, -0.05) is 20.8 Å². The van der Waals surface area contributed by atoms with Crippen LogP contribution in [0, 0.1) is 5.41 Å². The number of hydrogen-bond donors (Lipinski definition) is 0. The van der Waals surface area contributed by atoms with Crippen molar-refractivity contribution in [3.8, 4) is 0 Å². The molecule has 0 aliphatic carbocycles.